The molecule has 4 atom stereocenters. The smallest absolute Gasteiger partial charge is 0.471 e. The van der Waals surface area contributed by atoms with E-state index in [-0.39, 0.29) is 88.9 Å². The summed E-state index contributed by atoms with van der Waals surface area (Å²) in [7, 11) is 4.50. The molecule has 4 fully saturated rings. The first-order valence-electron chi connectivity index (χ1n) is 18.9. The number of rotatable bonds is 8. The number of amides is 2. The predicted octanol–water partition coefficient (Wildman–Crippen LogP) is 5.63. The number of carbonyl (C=O) groups is 2. The van der Waals surface area contributed by atoms with Gasteiger partial charge in [0.05, 0.1) is 30.3 Å². The van der Waals surface area contributed by atoms with E-state index in [1.807, 2.05) is 0 Å². The van der Waals surface area contributed by atoms with E-state index < -0.39 is 47.4 Å². The fourth-order valence-corrected chi connectivity index (χ4v) is 9.31. The van der Waals surface area contributed by atoms with Crippen molar-refractivity contribution in [2.24, 2.45) is 0 Å². The molecule has 0 radical (unpaired) electrons. The summed E-state index contributed by atoms with van der Waals surface area (Å²) in [4.78, 5) is 44.6. The maximum absolute atomic E-state index is 17.3. The van der Waals surface area contributed by atoms with Crippen LogP contribution in [0, 0.1) is 24.0 Å². The monoisotopic (exact) mass is 809 g/mol. The molecule has 18 heteroatoms. The zero-order chi connectivity index (χ0) is 41.3. The molecule has 0 saturated carbocycles. The normalized spacial score (nSPS) is 23.0. The topological polar surface area (TPSA) is 134 Å². The van der Waals surface area contributed by atoms with Crippen LogP contribution in [-0.4, -0.2) is 131 Å². The maximum Gasteiger partial charge on any atom is 0.471 e. The number of alkyl halides is 3. The molecule has 4 aromatic rings. The van der Waals surface area contributed by atoms with Crippen molar-refractivity contribution in [3.63, 3.8) is 0 Å². The molecule has 4 saturated heterocycles. The lowest BCUT2D eigenvalue weighted by Gasteiger charge is -2.42. The lowest BCUT2D eigenvalue weighted by molar-refractivity contribution is -0.188. The van der Waals surface area contributed by atoms with Crippen LogP contribution in [0.25, 0.3) is 32.9 Å². The highest BCUT2D eigenvalue weighted by Crippen LogP contribution is 2.46. The number of methoxy groups -OCH3 is 1. The Hall–Kier alpha value is -5.70. The van der Waals surface area contributed by atoms with Crippen LogP contribution in [0.2, 0.25) is 0 Å². The number of aromatic hydroxyl groups is 1. The van der Waals surface area contributed by atoms with E-state index in [0.717, 1.165) is 36.8 Å². The quantitative estimate of drug-likeness (QED) is 0.175. The van der Waals surface area contributed by atoms with E-state index in [0.29, 0.717) is 24.6 Å². The number of ether oxygens (including phenoxy) is 3. The van der Waals surface area contributed by atoms with Crippen molar-refractivity contribution in [3.8, 4) is 41.2 Å². The Morgan fingerprint density at radius 2 is 1.79 bits per heavy atom. The second kappa shape index (κ2) is 14.6. The highest BCUT2D eigenvalue weighted by Gasteiger charge is 2.53. The second-order valence-electron chi connectivity index (χ2n) is 15.5. The SMILES string of the molecule is C#Cc1c(F)ccc2cc(O)cc(-c3nc(OC)c4c(N5CC6CCC(C5)N6C(=O)C(F)(F)F)nc(OC[C@@]56CCCN5[C@@H](COC(=O)N(C)C)CC6)nc4c3F)c12. The highest BCUT2D eigenvalue weighted by molar-refractivity contribution is 6.04. The van der Waals surface area contributed by atoms with E-state index in [2.05, 4.69) is 20.8 Å². The Bertz CT molecular complexity index is 2360. The van der Waals surface area contributed by atoms with Gasteiger partial charge in [0.2, 0.25) is 5.88 Å². The van der Waals surface area contributed by atoms with Crippen LogP contribution in [0.5, 0.6) is 17.6 Å². The van der Waals surface area contributed by atoms with Gasteiger partial charge in [0.25, 0.3) is 0 Å². The molecule has 58 heavy (non-hydrogen) atoms. The number of nitrogens with zero attached hydrogens (tertiary/aromatic N) is 7. The molecule has 0 aliphatic carbocycles. The second-order valence-corrected chi connectivity index (χ2v) is 15.5. The molecule has 13 nitrogen and oxygen atoms in total. The van der Waals surface area contributed by atoms with Crippen LogP contribution < -0.4 is 14.4 Å². The molecule has 4 aliphatic rings. The Morgan fingerprint density at radius 3 is 2.47 bits per heavy atom. The van der Waals surface area contributed by atoms with Gasteiger partial charge in [0.15, 0.2) is 5.82 Å². The summed E-state index contributed by atoms with van der Waals surface area (Å²) in [6.45, 7) is 0.886. The number of phenolic OH excluding ortho intramolecular Hbond substituents is 1. The molecule has 2 amide bonds. The zero-order valence-corrected chi connectivity index (χ0v) is 31.9. The summed E-state index contributed by atoms with van der Waals surface area (Å²) in [5, 5.41) is 11.1. The van der Waals surface area contributed by atoms with Crippen molar-refractivity contribution in [1.82, 2.24) is 29.7 Å². The van der Waals surface area contributed by atoms with Gasteiger partial charge in [-0.15, -0.1) is 6.42 Å². The fraction of sp³-hybridized carbons (Fsp3) is 0.475. The van der Waals surface area contributed by atoms with Crippen LogP contribution in [0.3, 0.4) is 0 Å². The van der Waals surface area contributed by atoms with Gasteiger partial charge in [0.1, 0.15) is 47.2 Å². The third-order valence-corrected chi connectivity index (χ3v) is 11.9. The summed E-state index contributed by atoms with van der Waals surface area (Å²) in [6.07, 6.45) is 3.89. The lowest BCUT2D eigenvalue weighted by atomic mass is 9.95. The first kappa shape index (κ1) is 39.1. The van der Waals surface area contributed by atoms with E-state index in [4.69, 9.17) is 25.6 Å². The molecule has 2 aromatic carbocycles. The van der Waals surface area contributed by atoms with Crippen molar-refractivity contribution < 1.29 is 50.9 Å². The number of hydrogen-bond donors (Lipinski definition) is 1. The van der Waals surface area contributed by atoms with Crippen molar-refractivity contribution in [3.05, 3.63) is 41.5 Å². The molecule has 8 rings (SSSR count). The van der Waals surface area contributed by atoms with Gasteiger partial charge >= 0.3 is 24.2 Å². The largest absolute Gasteiger partial charge is 0.508 e. The van der Waals surface area contributed by atoms with E-state index in [9.17, 15) is 27.9 Å². The molecular weight excluding hydrogens is 769 g/mol. The number of aromatic nitrogens is 3. The van der Waals surface area contributed by atoms with Gasteiger partial charge in [-0.05, 0) is 68.7 Å². The molecule has 0 spiro atoms. The number of fused-ring (bicyclic) bond motifs is 5. The molecule has 306 valence electrons. The summed E-state index contributed by atoms with van der Waals surface area (Å²) in [5.41, 5.74) is -1.40. The number of terminal acetylenes is 1. The average Bonchev–Trinajstić information content (AvgIpc) is 3.84. The van der Waals surface area contributed by atoms with Crippen molar-refractivity contribution in [1.29, 1.82) is 0 Å². The number of anilines is 1. The van der Waals surface area contributed by atoms with Crippen molar-refractivity contribution >= 4 is 39.5 Å². The number of piperazine rings is 1. The van der Waals surface area contributed by atoms with Crippen LogP contribution >= 0.6 is 0 Å². The van der Waals surface area contributed by atoms with E-state index in [1.165, 1.54) is 30.2 Å². The summed E-state index contributed by atoms with van der Waals surface area (Å²) < 4.78 is 91.0. The van der Waals surface area contributed by atoms with Gasteiger partial charge in [-0.3, -0.25) is 9.69 Å². The Kier molecular flexibility index (Phi) is 9.85. The third-order valence-electron chi connectivity index (χ3n) is 11.9. The summed E-state index contributed by atoms with van der Waals surface area (Å²) in [6, 6.07) is 3.16. The van der Waals surface area contributed by atoms with Crippen molar-refractivity contribution in [2.75, 3.05) is 59.0 Å². The number of phenols is 1. The average molecular weight is 810 g/mol. The number of halogens is 5. The van der Waals surface area contributed by atoms with Gasteiger partial charge in [-0.1, -0.05) is 12.0 Å². The highest BCUT2D eigenvalue weighted by atomic mass is 19.4. The predicted molar refractivity (Wildman–Crippen MR) is 200 cm³/mol. The van der Waals surface area contributed by atoms with E-state index in [1.54, 1.807) is 19.0 Å². The minimum absolute atomic E-state index is 0.0109. The zero-order valence-electron chi connectivity index (χ0n) is 31.9. The molecular formula is C40H40F5N7O6. The third kappa shape index (κ3) is 6.58. The molecule has 2 aromatic heterocycles. The standard InChI is InChI=1S/C40H40F5N7O6/c1-5-26-28(41)10-7-21-15-25(53)16-27(29(21)26)32-31(42)33-30(35(46-32)56-4)34(50-17-22-8-9-23(18-50)52(22)36(54)40(43,44)45)48-37(47-33)58-20-39-12-6-14-51(39)24(11-13-39)19-57-38(55)49(2)3/h1,7,10,15-16,22-24,53H,6,8-9,11-14,17-20H2,2-4H3/t22?,23?,24-,39+/m1/s1. The molecule has 2 bridgehead atoms. The first-order chi connectivity index (χ1) is 27.6. The first-order valence-corrected chi connectivity index (χ1v) is 18.9. The summed E-state index contributed by atoms with van der Waals surface area (Å²) >= 11 is 0. The Balaban J connectivity index is 1.23. The number of benzene rings is 2. The van der Waals surface area contributed by atoms with Gasteiger partial charge < -0.3 is 34.0 Å². The van der Waals surface area contributed by atoms with E-state index >= 15 is 8.78 Å². The lowest BCUT2D eigenvalue weighted by Crippen LogP contribution is -2.59. The minimum Gasteiger partial charge on any atom is -0.508 e. The van der Waals surface area contributed by atoms with Crippen LogP contribution in [0.4, 0.5) is 32.6 Å². The Labute approximate surface area is 329 Å². The van der Waals surface area contributed by atoms with Gasteiger partial charge in [0, 0.05) is 44.2 Å². The van der Waals surface area contributed by atoms with Crippen molar-refractivity contribution in [2.45, 2.75) is 68.4 Å². The van der Waals surface area contributed by atoms with Crippen LogP contribution in [0.15, 0.2) is 24.3 Å². The summed E-state index contributed by atoms with van der Waals surface area (Å²) in [5.74, 6) is -1.75. The maximum atomic E-state index is 17.3. The minimum atomic E-state index is -5.06. The molecule has 6 heterocycles. The Morgan fingerprint density at radius 1 is 1.05 bits per heavy atom. The van der Waals surface area contributed by atoms with Crippen LogP contribution in [0.1, 0.15) is 44.1 Å². The number of pyridine rings is 1. The number of hydrogen-bond acceptors (Lipinski definition) is 11. The van der Waals surface area contributed by atoms with Gasteiger partial charge in [-0.25, -0.2) is 18.6 Å². The fourth-order valence-electron chi connectivity index (χ4n) is 9.31. The van der Waals surface area contributed by atoms with Gasteiger partial charge in [-0.2, -0.15) is 23.1 Å². The number of carbonyl (C=O) groups excluding carboxylic acids is 2. The molecule has 1 N–H and O–H groups in total. The van der Waals surface area contributed by atoms with Crippen LogP contribution in [-0.2, 0) is 9.53 Å². The molecule has 4 aliphatic heterocycles. The molecule has 2 unspecified atom stereocenters.